The predicted octanol–water partition coefficient (Wildman–Crippen LogP) is 2.08. The van der Waals surface area contributed by atoms with Crippen LogP contribution in [0.5, 0.6) is 0 Å². The first-order valence-corrected chi connectivity index (χ1v) is 6.87. The topological polar surface area (TPSA) is 58.4 Å². The van der Waals surface area contributed by atoms with Crippen LogP contribution in [-0.4, -0.2) is 36.6 Å². The van der Waals surface area contributed by atoms with E-state index in [-0.39, 0.29) is 11.9 Å². The first-order chi connectivity index (χ1) is 9.08. The van der Waals surface area contributed by atoms with E-state index in [2.05, 4.69) is 21.4 Å². The summed E-state index contributed by atoms with van der Waals surface area (Å²) in [7, 11) is 3.99. The number of aromatic nitrogens is 1. The van der Waals surface area contributed by atoms with E-state index in [4.69, 9.17) is 4.52 Å². The fourth-order valence-corrected chi connectivity index (χ4v) is 2.69. The molecule has 2 aromatic heterocycles. The first-order valence-electron chi connectivity index (χ1n) is 5.99. The SMILES string of the molecule is Cc1cc(C(=O)NCC(c2cccs2)N(C)C)no1. The lowest BCUT2D eigenvalue weighted by Gasteiger charge is -2.23. The van der Waals surface area contributed by atoms with Gasteiger partial charge in [-0.1, -0.05) is 11.2 Å². The highest BCUT2D eigenvalue weighted by Crippen LogP contribution is 2.22. The van der Waals surface area contributed by atoms with Gasteiger partial charge in [-0.25, -0.2) is 0 Å². The Morgan fingerprint density at radius 1 is 1.58 bits per heavy atom. The van der Waals surface area contributed by atoms with Gasteiger partial charge in [-0.3, -0.25) is 4.79 Å². The molecule has 2 rings (SSSR count). The van der Waals surface area contributed by atoms with E-state index in [0.717, 1.165) is 0 Å². The Bertz CT molecular complexity index is 534. The van der Waals surface area contributed by atoms with Crippen molar-refractivity contribution in [3.8, 4) is 0 Å². The Morgan fingerprint density at radius 2 is 2.37 bits per heavy atom. The summed E-state index contributed by atoms with van der Waals surface area (Å²) in [6, 6.07) is 5.88. The number of nitrogens with zero attached hydrogens (tertiary/aromatic N) is 2. The number of rotatable bonds is 5. The lowest BCUT2D eigenvalue weighted by Crippen LogP contribution is -2.34. The predicted molar refractivity (Wildman–Crippen MR) is 74.3 cm³/mol. The summed E-state index contributed by atoms with van der Waals surface area (Å²) < 4.78 is 4.89. The molecule has 102 valence electrons. The smallest absolute Gasteiger partial charge is 0.273 e. The maximum absolute atomic E-state index is 11.9. The zero-order valence-corrected chi connectivity index (χ0v) is 12.0. The average Bonchev–Trinajstić information content (AvgIpc) is 3.00. The number of amides is 1. The lowest BCUT2D eigenvalue weighted by atomic mass is 10.2. The van der Waals surface area contributed by atoms with Crippen molar-refractivity contribution in [2.24, 2.45) is 0 Å². The number of carbonyl (C=O) groups is 1. The molecule has 1 unspecified atom stereocenters. The minimum atomic E-state index is -0.208. The third-order valence-corrected chi connectivity index (χ3v) is 3.79. The Labute approximate surface area is 116 Å². The molecule has 1 atom stereocenters. The molecule has 0 radical (unpaired) electrons. The molecular formula is C13H17N3O2S. The highest BCUT2D eigenvalue weighted by Gasteiger charge is 2.18. The molecule has 6 heteroatoms. The number of thiophene rings is 1. The van der Waals surface area contributed by atoms with Crippen LogP contribution in [0.4, 0.5) is 0 Å². The van der Waals surface area contributed by atoms with E-state index in [1.807, 2.05) is 25.5 Å². The Balaban J connectivity index is 1.98. The van der Waals surface area contributed by atoms with Crippen LogP contribution < -0.4 is 5.32 Å². The van der Waals surface area contributed by atoms with Crippen LogP contribution >= 0.6 is 11.3 Å². The van der Waals surface area contributed by atoms with Crippen LogP contribution in [0, 0.1) is 6.92 Å². The maximum Gasteiger partial charge on any atom is 0.273 e. The van der Waals surface area contributed by atoms with Crippen molar-refractivity contribution in [1.29, 1.82) is 0 Å². The molecule has 2 aromatic rings. The summed E-state index contributed by atoms with van der Waals surface area (Å²) in [6.07, 6.45) is 0. The second-order valence-electron chi connectivity index (χ2n) is 4.53. The molecule has 0 aliphatic heterocycles. The van der Waals surface area contributed by atoms with Crippen molar-refractivity contribution in [3.63, 3.8) is 0 Å². The van der Waals surface area contributed by atoms with Gasteiger partial charge in [0.1, 0.15) is 5.76 Å². The van der Waals surface area contributed by atoms with Crippen LogP contribution in [0.3, 0.4) is 0 Å². The Kier molecular flexibility index (Phi) is 4.34. The zero-order chi connectivity index (χ0) is 13.8. The number of hydrogen-bond donors (Lipinski definition) is 1. The molecule has 1 N–H and O–H groups in total. The van der Waals surface area contributed by atoms with Gasteiger partial charge in [-0.15, -0.1) is 11.3 Å². The van der Waals surface area contributed by atoms with Gasteiger partial charge >= 0.3 is 0 Å². The minimum Gasteiger partial charge on any atom is -0.361 e. The maximum atomic E-state index is 11.9. The molecule has 0 aromatic carbocycles. The van der Waals surface area contributed by atoms with Crippen molar-refractivity contribution in [2.75, 3.05) is 20.6 Å². The molecule has 0 spiro atoms. The molecule has 1 amide bonds. The van der Waals surface area contributed by atoms with E-state index in [0.29, 0.717) is 18.0 Å². The van der Waals surface area contributed by atoms with Gasteiger partial charge in [-0.2, -0.15) is 0 Å². The van der Waals surface area contributed by atoms with Crippen molar-refractivity contribution >= 4 is 17.2 Å². The molecule has 0 saturated heterocycles. The van der Waals surface area contributed by atoms with Gasteiger partial charge in [0, 0.05) is 17.5 Å². The third-order valence-electron chi connectivity index (χ3n) is 2.81. The second-order valence-corrected chi connectivity index (χ2v) is 5.51. The van der Waals surface area contributed by atoms with Gasteiger partial charge < -0.3 is 14.7 Å². The Morgan fingerprint density at radius 3 is 2.89 bits per heavy atom. The molecule has 0 bridgehead atoms. The van der Waals surface area contributed by atoms with E-state index >= 15 is 0 Å². The fourth-order valence-electron chi connectivity index (χ4n) is 1.77. The largest absolute Gasteiger partial charge is 0.361 e. The average molecular weight is 279 g/mol. The molecular weight excluding hydrogens is 262 g/mol. The first kappa shape index (κ1) is 13.8. The van der Waals surface area contributed by atoms with E-state index in [1.165, 1.54) is 4.88 Å². The van der Waals surface area contributed by atoms with Crippen molar-refractivity contribution in [1.82, 2.24) is 15.4 Å². The van der Waals surface area contributed by atoms with Crippen molar-refractivity contribution in [3.05, 3.63) is 39.9 Å². The summed E-state index contributed by atoms with van der Waals surface area (Å²) in [5.74, 6) is 0.424. The fraction of sp³-hybridized carbons (Fsp3) is 0.385. The molecule has 0 aliphatic rings. The quantitative estimate of drug-likeness (QED) is 0.910. The number of hydrogen-bond acceptors (Lipinski definition) is 5. The second kappa shape index (κ2) is 5.99. The zero-order valence-electron chi connectivity index (χ0n) is 11.2. The summed E-state index contributed by atoms with van der Waals surface area (Å²) in [6.45, 7) is 2.30. The van der Waals surface area contributed by atoms with Gasteiger partial charge in [0.15, 0.2) is 5.69 Å². The summed E-state index contributed by atoms with van der Waals surface area (Å²) in [4.78, 5) is 15.2. The van der Waals surface area contributed by atoms with Crippen LogP contribution in [-0.2, 0) is 0 Å². The molecule has 0 fully saturated rings. The van der Waals surface area contributed by atoms with Gasteiger partial charge in [0.2, 0.25) is 0 Å². The van der Waals surface area contributed by atoms with E-state index < -0.39 is 0 Å². The monoisotopic (exact) mass is 279 g/mol. The van der Waals surface area contributed by atoms with Gasteiger partial charge in [0.25, 0.3) is 5.91 Å². The van der Waals surface area contributed by atoms with Crippen LogP contribution in [0.2, 0.25) is 0 Å². The van der Waals surface area contributed by atoms with E-state index in [9.17, 15) is 4.79 Å². The molecule has 2 heterocycles. The van der Waals surface area contributed by atoms with Crippen LogP contribution in [0.15, 0.2) is 28.1 Å². The normalized spacial score (nSPS) is 12.6. The summed E-state index contributed by atoms with van der Waals surface area (Å²) >= 11 is 1.68. The Hall–Kier alpha value is -1.66. The number of carbonyl (C=O) groups excluding carboxylic acids is 1. The number of aryl methyl sites for hydroxylation is 1. The third kappa shape index (κ3) is 3.42. The minimum absolute atomic E-state index is 0.164. The van der Waals surface area contributed by atoms with Crippen molar-refractivity contribution in [2.45, 2.75) is 13.0 Å². The molecule has 0 saturated carbocycles. The van der Waals surface area contributed by atoms with E-state index in [1.54, 1.807) is 24.3 Å². The standard InChI is InChI=1S/C13H17N3O2S/c1-9-7-10(15-18-9)13(17)14-8-11(16(2)3)12-5-4-6-19-12/h4-7,11H,8H2,1-3H3,(H,14,17). The van der Waals surface area contributed by atoms with Crippen LogP contribution in [0.25, 0.3) is 0 Å². The summed E-state index contributed by atoms with van der Waals surface area (Å²) in [5.41, 5.74) is 0.321. The number of nitrogens with one attached hydrogen (secondary N) is 1. The van der Waals surface area contributed by atoms with Gasteiger partial charge in [-0.05, 0) is 32.5 Å². The lowest BCUT2D eigenvalue weighted by molar-refractivity contribution is 0.0933. The highest BCUT2D eigenvalue weighted by molar-refractivity contribution is 7.10. The molecule has 0 aliphatic carbocycles. The van der Waals surface area contributed by atoms with Crippen molar-refractivity contribution < 1.29 is 9.32 Å². The molecule has 5 nitrogen and oxygen atoms in total. The van der Waals surface area contributed by atoms with Crippen LogP contribution in [0.1, 0.15) is 27.2 Å². The molecule has 19 heavy (non-hydrogen) atoms. The number of likely N-dealkylation sites (N-methyl/N-ethyl adjacent to an activating group) is 1. The highest BCUT2D eigenvalue weighted by atomic mass is 32.1. The van der Waals surface area contributed by atoms with Gasteiger partial charge in [0.05, 0.1) is 6.04 Å². The summed E-state index contributed by atoms with van der Waals surface area (Å²) in [5, 5.41) is 8.63.